The van der Waals surface area contributed by atoms with Crippen molar-refractivity contribution >= 4 is 11.6 Å². The zero-order valence-corrected chi connectivity index (χ0v) is 14.6. The van der Waals surface area contributed by atoms with Gasteiger partial charge >= 0.3 is 0 Å². The van der Waals surface area contributed by atoms with Crippen LogP contribution < -0.4 is 10.5 Å². The number of benzene rings is 1. The van der Waals surface area contributed by atoms with E-state index >= 15 is 0 Å². The highest BCUT2D eigenvalue weighted by molar-refractivity contribution is 5.98. The van der Waals surface area contributed by atoms with E-state index in [9.17, 15) is 9.59 Å². The maximum absolute atomic E-state index is 13.2. The van der Waals surface area contributed by atoms with Crippen molar-refractivity contribution in [1.29, 1.82) is 0 Å². The monoisotopic (exact) mass is 349 g/mol. The first-order chi connectivity index (χ1) is 12.6. The molecule has 0 radical (unpaired) electrons. The fraction of sp³-hybridized carbons (Fsp3) is 0.250. The first-order valence-electron chi connectivity index (χ1n) is 8.61. The number of furan rings is 1. The summed E-state index contributed by atoms with van der Waals surface area (Å²) in [7, 11) is 0. The number of carbonyl (C=O) groups excluding carboxylic acids is 1. The van der Waals surface area contributed by atoms with E-state index in [0.717, 1.165) is 17.7 Å². The van der Waals surface area contributed by atoms with Crippen LogP contribution in [0.3, 0.4) is 0 Å². The molecule has 0 aliphatic carbocycles. The van der Waals surface area contributed by atoms with Crippen molar-refractivity contribution in [3.63, 3.8) is 0 Å². The van der Waals surface area contributed by atoms with Gasteiger partial charge in [-0.25, -0.2) is 4.68 Å². The van der Waals surface area contributed by atoms with Crippen LogP contribution >= 0.6 is 0 Å². The molecule has 0 saturated heterocycles. The molecule has 0 bridgehead atoms. The van der Waals surface area contributed by atoms with Crippen LogP contribution in [0, 0.1) is 0 Å². The van der Waals surface area contributed by atoms with Crippen molar-refractivity contribution in [2.75, 3.05) is 4.90 Å². The van der Waals surface area contributed by atoms with Crippen LogP contribution in [0.4, 0.5) is 5.69 Å². The Morgan fingerprint density at radius 1 is 1.19 bits per heavy atom. The number of carbonyl (C=O) groups is 1. The number of hydrogen-bond acceptors (Lipinski definition) is 4. The van der Waals surface area contributed by atoms with Crippen molar-refractivity contribution < 1.29 is 9.21 Å². The Morgan fingerprint density at radius 3 is 2.77 bits per heavy atom. The molecule has 0 fully saturated rings. The van der Waals surface area contributed by atoms with Gasteiger partial charge in [-0.15, -0.1) is 0 Å². The Labute approximate surface area is 150 Å². The van der Waals surface area contributed by atoms with Crippen molar-refractivity contribution in [2.45, 2.75) is 32.4 Å². The zero-order chi connectivity index (χ0) is 18.3. The molecule has 0 saturated carbocycles. The molecule has 1 aliphatic rings. The highest BCUT2D eigenvalue weighted by atomic mass is 16.3. The van der Waals surface area contributed by atoms with Gasteiger partial charge in [-0.1, -0.05) is 18.2 Å². The molecule has 132 valence electrons. The topological polar surface area (TPSA) is 68.3 Å². The number of nitrogens with zero attached hydrogens (tertiary/aromatic N) is 3. The lowest BCUT2D eigenvalue weighted by Gasteiger charge is -2.26. The number of hydrogen-bond donors (Lipinski definition) is 0. The molecule has 1 aromatic carbocycles. The van der Waals surface area contributed by atoms with Crippen molar-refractivity contribution in [2.24, 2.45) is 0 Å². The van der Waals surface area contributed by atoms with Gasteiger partial charge in [0.15, 0.2) is 5.76 Å². The molecule has 2 aromatic heterocycles. The predicted octanol–water partition coefficient (Wildman–Crippen LogP) is 3.04. The largest absolute Gasteiger partial charge is 0.463 e. The summed E-state index contributed by atoms with van der Waals surface area (Å²) in [6.45, 7) is 3.72. The summed E-state index contributed by atoms with van der Waals surface area (Å²) in [6, 6.07) is 13.7. The molecule has 1 aliphatic heterocycles. The smallest absolute Gasteiger partial charge is 0.267 e. The SMILES string of the molecule is CC1Cc2ccccc2N1C(=O)C(C)n1nc(-c2ccco2)ccc1=O. The van der Waals surface area contributed by atoms with Gasteiger partial charge in [0, 0.05) is 17.8 Å². The van der Waals surface area contributed by atoms with Gasteiger partial charge in [-0.05, 0) is 50.1 Å². The lowest BCUT2D eigenvalue weighted by Crippen LogP contribution is -2.42. The number of aromatic nitrogens is 2. The lowest BCUT2D eigenvalue weighted by atomic mass is 10.1. The number of para-hydroxylation sites is 1. The van der Waals surface area contributed by atoms with Gasteiger partial charge in [-0.2, -0.15) is 5.10 Å². The number of anilines is 1. The number of fused-ring (bicyclic) bond motifs is 1. The Balaban J connectivity index is 1.70. The minimum Gasteiger partial charge on any atom is -0.463 e. The van der Waals surface area contributed by atoms with E-state index in [1.807, 2.05) is 31.2 Å². The molecule has 0 N–H and O–H groups in total. The van der Waals surface area contributed by atoms with Crippen LogP contribution in [0.25, 0.3) is 11.5 Å². The third-order valence-corrected chi connectivity index (χ3v) is 4.77. The third-order valence-electron chi connectivity index (χ3n) is 4.77. The summed E-state index contributed by atoms with van der Waals surface area (Å²) < 4.78 is 6.57. The lowest BCUT2D eigenvalue weighted by molar-refractivity contribution is -0.121. The molecule has 3 heterocycles. The minimum atomic E-state index is -0.717. The second kappa shape index (κ2) is 6.29. The Morgan fingerprint density at radius 2 is 2.00 bits per heavy atom. The maximum Gasteiger partial charge on any atom is 0.267 e. The zero-order valence-electron chi connectivity index (χ0n) is 14.6. The first-order valence-corrected chi connectivity index (χ1v) is 8.61. The van der Waals surface area contributed by atoms with Gasteiger partial charge in [0.25, 0.3) is 11.5 Å². The summed E-state index contributed by atoms with van der Waals surface area (Å²) in [5.74, 6) is 0.409. The molecule has 2 unspecified atom stereocenters. The van der Waals surface area contributed by atoms with E-state index in [1.165, 1.54) is 10.7 Å². The summed E-state index contributed by atoms with van der Waals surface area (Å²) >= 11 is 0. The third kappa shape index (κ3) is 2.63. The predicted molar refractivity (Wildman–Crippen MR) is 98.0 cm³/mol. The highest BCUT2D eigenvalue weighted by Crippen LogP contribution is 2.33. The summed E-state index contributed by atoms with van der Waals surface area (Å²) in [6.07, 6.45) is 2.35. The van der Waals surface area contributed by atoms with Crippen LogP contribution in [-0.4, -0.2) is 21.7 Å². The standard InChI is InChI=1S/C20H19N3O3/c1-13-12-15-6-3-4-7-17(15)22(13)20(25)14(2)23-19(24)10-9-16(21-23)18-8-5-11-26-18/h3-11,13-14H,12H2,1-2H3. The van der Waals surface area contributed by atoms with E-state index in [0.29, 0.717) is 11.5 Å². The van der Waals surface area contributed by atoms with Gasteiger partial charge < -0.3 is 9.32 Å². The van der Waals surface area contributed by atoms with Gasteiger partial charge in [-0.3, -0.25) is 9.59 Å². The fourth-order valence-corrected chi connectivity index (χ4v) is 3.47. The van der Waals surface area contributed by atoms with Gasteiger partial charge in [0.2, 0.25) is 0 Å². The molecule has 6 nitrogen and oxygen atoms in total. The van der Waals surface area contributed by atoms with E-state index < -0.39 is 6.04 Å². The fourth-order valence-electron chi connectivity index (χ4n) is 3.47. The van der Waals surface area contributed by atoms with Crippen molar-refractivity contribution in [3.8, 4) is 11.5 Å². The maximum atomic E-state index is 13.2. The van der Waals surface area contributed by atoms with Crippen LogP contribution in [-0.2, 0) is 11.2 Å². The molecule has 6 heteroatoms. The number of rotatable bonds is 3. The van der Waals surface area contributed by atoms with Crippen LogP contribution in [0.1, 0.15) is 25.5 Å². The normalized spacial score (nSPS) is 17.2. The minimum absolute atomic E-state index is 0.0475. The van der Waals surface area contributed by atoms with Crippen LogP contribution in [0.2, 0.25) is 0 Å². The van der Waals surface area contributed by atoms with Gasteiger partial charge in [0.05, 0.1) is 6.26 Å². The molecule has 1 amide bonds. The van der Waals surface area contributed by atoms with Crippen LogP contribution in [0.15, 0.2) is 64.0 Å². The Hall–Kier alpha value is -3.15. The Kier molecular flexibility index (Phi) is 3.95. The van der Waals surface area contributed by atoms with Crippen molar-refractivity contribution in [3.05, 3.63) is 70.7 Å². The molecule has 3 aromatic rings. The summed E-state index contributed by atoms with van der Waals surface area (Å²) in [4.78, 5) is 27.3. The molecule has 0 spiro atoms. The molecule has 2 atom stereocenters. The number of amides is 1. The van der Waals surface area contributed by atoms with Crippen molar-refractivity contribution in [1.82, 2.24) is 9.78 Å². The van der Waals surface area contributed by atoms with E-state index in [1.54, 1.807) is 36.3 Å². The Bertz CT molecular complexity index is 1010. The second-order valence-corrected chi connectivity index (χ2v) is 6.54. The van der Waals surface area contributed by atoms with E-state index in [4.69, 9.17) is 4.42 Å². The average Bonchev–Trinajstić information content (AvgIpc) is 3.28. The summed E-state index contributed by atoms with van der Waals surface area (Å²) in [5.41, 5.74) is 2.25. The first kappa shape index (κ1) is 16.3. The molecular formula is C20H19N3O3. The van der Waals surface area contributed by atoms with E-state index in [-0.39, 0.29) is 17.5 Å². The van der Waals surface area contributed by atoms with Crippen LogP contribution in [0.5, 0.6) is 0 Å². The van der Waals surface area contributed by atoms with E-state index in [2.05, 4.69) is 5.10 Å². The molecular weight excluding hydrogens is 330 g/mol. The summed E-state index contributed by atoms with van der Waals surface area (Å²) in [5, 5.41) is 4.35. The molecule has 4 rings (SSSR count). The highest BCUT2D eigenvalue weighted by Gasteiger charge is 2.34. The average molecular weight is 349 g/mol. The quantitative estimate of drug-likeness (QED) is 0.729. The van der Waals surface area contributed by atoms with Gasteiger partial charge in [0.1, 0.15) is 11.7 Å². The molecule has 26 heavy (non-hydrogen) atoms. The second-order valence-electron chi connectivity index (χ2n) is 6.54.